The largest absolute Gasteiger partial charge is 0.493 e. The average molecular weight is 594 g/mol. The van der Waals surface area contributed by atoms with Gasteiger partial charge in [-0.05, 0) is 66.6 Å². The second-order valence-electron chi connectivity index (χ2n) is 8.31. The van der Waals surface area contributed by atoms with Gasteiger partial charge in [-0.1, -0.05) is 58.1 Å². The monoisotopic (exact) mass is 593 g/mol. The number of esters is 1. The minimum Gasteiger partial charge on any atom is -0.493 e. The van der Waals surface area contributed by atoms with Crippen LogP contribution < -0.4 is 15.2 Å². The molecule has 0 radical (unpaired) electrons. The van der Waals surface area contributed by atoms with Crippen LogP contribution >= 0.6 is 41.4 Å². The predicted octanol–water partition coefficient (Wildman–Crippen LogP) is 6.82. The van der Waals surface area contributed by atoms with Crippen LogP contribution in [-0.4, -0.2) is 48.9 Å². The highest BCUT2D eigenvalue weighted by Gasteiger charge is 2.18. The van der Waals surface area contributed by atoms with Gasteiger partial charge in [0.1, 0.15) is 16.5 Å². The predicted molar refractivity (Wildman–Crippen MR) is 162 cm³/mol. The van der Waals surface area contributed by atoms with Gasteiger partial charge in [0.25, 0.3) is 0 Å². The van der Waals surface area contributed by atoms with Crippen molar-refractivity contribution in [3.05, 3.63) is 71.8 Å². The molecular weight excluding hydrogens is 561 g/mol. The minimum absolute atomic E-state index is 0.296. The first-order chi connectivity index (χ1) is 18.2. The molecule has 0 heterocycles. The SMILES string of the molecule is CCOP(C)(=O)OCCSSCCOc1ccc2cc(C(C)C(=O)Oc3ccc(C(N)=S)cc3)ccc2c1. The van der Waals surface area contributed by atoms with Crippen molar-refractivity contribution in [2.75, 3.05) is 38.0 Å². The van der Waals surface area contributed by atoms with Gasteiger partial charge < -0.3 is 24.3 Å². The number of rotatable bonds is 15. The molecule has 11 heteroatoms. The molecule has 3 rings (SSSR count). The van der Waals surface area contributed by atoms with Gasteiger partial charge in [-0.15, -0.1) is 0 Å². The van der Waals surface area contributed by atoms with E-state index in [2.05, 4.69) is 0 Å². The Morgan fingerprint density at radius 1 is 0.947 bits per heavy atom. The number of carbonyl (C=O) groups is 1. The zero-order valence-corrected chi connectivity index (χ0v) is 24.9. The molecular formula is C27H32NO6PS3. The highest BCUT2D eigenvalue weighted by atomic mass is 33.1. The molecule has 204 valence electrons. The van der Waals surface area contributed by atoms with Crippen molar-refractivity contribution in [1.29, 1.82) is 0 Å². The van der Waals surface area contributed by atoms with Gasteiger partial charge in [0.05, 0.1) is 25.7 Å². The average Bonchev–Trinajstić information content (AvgIpc) is 2.89. The third-order valence-electron chi connectivity index (χ3n) is 5.42. The first-order valence-electron chi connectivity index (χ1n) is 12.1. The van der Waals surface area contributed by atoms with Gasteiger partial charge in [0, 0.05) is 23.7 Å². The number of ether oxygens (including phenoxy) is 2. The fraction of sp³-hybridized carbons (Fsp3) is 0.333. The maximum atomic E-state index is 12.7. The molecule has 38 heavy (non-hydrogen) atoms. The summed E-state index contributed by atoms with van der Waals surface area (Å²) in [5.74, 6) is 1.98. The summed E-state index contributed by atoms with van der Waals surface area (Å²) in [5.41, 5.74) is 7.20. The smallest absolute Gasteiger partial charge is 0.327 e. The van der Waals surface area contributed by atoms with Crippen molar-refractivity contribution < 1.29 is 27.9 Å². The van der Waals surface area contributed by atoms with Gasteiger partial charge in [-0.3, -0.25) is 9.36 Å². The summed E-state index contributed by atoms with van der Waals surface area (Å²) in [5, 5.41) is 2.04. The Balaban J connectivity index is 1.45. The summed E-state index contributed by atoms with van der Waals surface area (Å²) < 4.78 is 33.7. The molecule has 2 atom stereocenters. The van der Waals surface area contributed by atoms with Crippen LogP contribution in [0.2, 0.25) is 0 Å². The summed E-state index contributed by atoms with van der Waals surface area (Å²) >= 11 is 4.95. The number of hydrogen-bond donors (Lipinski definition) is 1. The summed E-state index contributed by atoms with van der Waals surface area (Å²) in [7, 11) is 0.397. The normalized spacial score (nSPS) is 13.6. The van der Waals surface area contributed by atoms with E-state index in [1.54, 1.807) is 52.8 Å². The molecule has 7 nitrogen and oxygen atoms in total. The van der Waals surface area contributed by atoms with Gasteiger partial charge in [-0.25, -0.2) is 0 Å². The van der Waals surface area contributed by atoms with Crippen molar-refractivity contribution in [3.63, 3.8) is 0 Å². The lowest BCUT2D eigenvalue weighted by molar-refractivity contribution is -0.135. The van der Waals surface area contributed by atoms with E-state index in [1.165, 1.54) is 6.66 Å². The molecule has 3 aromatic carbocycles. The number of benzene rings is 3. The minimum atomic E-state index is -2.92. The molecule has 0 aliphatic rings. The highest BCUT2D eigenvalue weighted by molar-refractivity contribution is 8.76. The third-order valence-corrected chi connectivity index (χ3v) is 9.37. The van der Waals surface area contributed by atoms with E-state index in [0.717, 1.165) is 39.2 Å². The first-order valence-corrected chi connectivity index (χ1v) is 17.0. The lowest BCUT2D eigenvalue weighted by Gasteiger charge is -2.13. The second kappa shape index (κ2) is 14.9. The van der Waals surface area contributed by atoms with E-state index in [4.69, 9.17) is 36.5 Å². The van der Waals surface area contributed by atoms with Crippen LogP contribution in [0.25, 0.3) is 10.8 Å². The van der Waals surface area contributed by atoms with Crippen molar-refractivity contribution >= 4 is 63.1 Å². The van der Waals surface area contributed by atoms with Gasteiger partial charge in [-0.2, -0.15) is 0 Å². The number of hydrogen-bond acceptors (Lipinski definition) is 9. The standard InChI is InChI=1S/C27H32NO6PS3/c1-4-32-35(3,30)33-14-16-38-37-15-13-31-25-12-9-22-17-21(5-6-23(22)18-25)19(2)27(29)34-24-10-7-20(8-11-24)26(28)36/h5-12,17-19H,4,13-16H2,1-3H3,(H2,28,36). The van der Waals surface area contributed by atoms with Crippen LogP contribution in [0, 0.1) is 0 Å². The van der Waals surface area contributed by atoms with Gasteiger partial charge in [0.2, 0.25) is 0 Å². The van der Waals surface area contributed by atoms with Crippen molar-refractivity contribution in [1.82, 2.24) is 0 Å². The quantitative estimate of drug-likeness (QED) is 0.0505. The van der Waals surface area contributed by atoms with E-state index in [0.29, 0.717) is 30.6 Å². The Hall–Kier alpha value is -2.07. The zero-order chi connectivity index (χ0) is 27.5. The van der Waals surface area contributed by atoms with Crippen molar-refractivity contribution in [3.8, 4) is 11.5 Å². The van der Waals surface area contributed by atoms with E-state index in [9.17, 15) is 9.36 Å². The maximum absolute atomic E-state index is 12.7. The molecule has 0 spiro atoms. The third kappa shape index (κ3) is 9.59. The van der Waals surface area contributed by atoms with Crippen molar-refractivity contribution in [2.45, 2.75) is 19.8 Å². The number of carbonyl (C=O) groups excluding carboxylic acids is 1. The van der Waals surface area contributed by atoms with Crippen LogP contribution in [0.5, 0.6) is 11.5 Å². The van der Waals surface area contributed by atoms with E-state index in [1.807, 2.05) is 43.3 Å². The summed E-state index contributed by atoms with van der Waals surface area (Å²) in [6, 6.07) is 18.6. The van der Waals surface area contributed by atoms with E-state index in [-0.39, 0.29) is 5.97 Å². The summed E-state index contributed by atoms with van der Waals surface area (Å²) in [6.07, 6.45) is 0. The fourth-order valence-electron chi connectivity index (χ4n) is 3.45. The Kier molecular flexibility index (Phi) is 12.0. The van der Waals surface area contributed by atoms with Crippen LogP contribution in [-0.2, 0) is 18.4 Å². The fourth-order valence-corrected chi connectivity index (χ4v) is 6.33. The molecule has 0 amide bonds. The summed E-state index contributed by atoms with van der Waals surface area (Å²) in [4.78, 5) is 13.0. The maximum Gasteiger partial charge on any atom is 0.327 e. The van der Waals surface area contributed by atoms with Crippen molar-refractivity contribution in [2.24, 2.45) is 5.73 Å². The second-order valence-corrected chi connectivity index (χ2v) is 13.5. The Labute approximate surface area is 237 Å². The lowest BCUT2D eigenvalue weighted by atomic mass is 9.98. The molecule has 0 fully saturated rings. The topological polar surface area (TPSA) is 97.1 Å². The molecule has 0 saturated carbocycles. The molecule has 0 bridgehead atoms. The van der Waals surface area contributed by atoms with Crippen LogP contribution in [0.3, 0.4) is 0 Å². The molecule has 0 aliphatic heterocycles. The highest BCUT2D eigenvalue weighted by Crippen LogP contribution is 2.43. The van der Waals surface area contributed by atoms with Crippen LogP contribution in [0.4, 0.5) is 0 Å². The van der Waals surface area contributed by atoms with Crippen LogP contribution in [0.1, 0.15) is 30.9 Å². The number of thiocarbonyl (C=S) groups is 1. The van der Waals surface area contributed by atoms with Gasteiger partial charge in [0.15, 0.2) is 0 Å². The number of fused-ring (bicyclic) bond motifs is 1. The Bertz CT molecular complexity index is 1290. The molecule has 2 N–H and O–H groups in total. The van der Waals surface area contributed by atoms with E-state index >= 15 is 0 Å². The van der Waals surface area contributed by atoms with E-state index < -0.39 is 13.5 Å². The zero-order valence-electron chi connectivity index (χ0n) is 21.6. The Morgan fingerprint density at radius 3 is 2.26 bits per heavy atom. The molecule has 2 unspecified atom stereocenters. The Morgan fingerprint density at radius 2 is 1.58 bits per heavy atom. The lowest BCUT2D eigenvalue weighted by Crippen LogP contribution is -2.16. The summed E-state index contributed by atoms with van der Waals surface area (Å²) in [6.45, 7) is 6.42. The van der Waals surface area contributed by atoms with Gasteiger partial charge >= 0.3 is 13.6 Å². The number of nitrogens with two attached hydrogens (primary N) is 1. The first kappa shape index (κ1) is 30.5. The molecule has 0 aliphatic carbocycles. The molecule has 0 aromatic heterocycles. The van der Waals surface area contributed by atoms with Crippen LogP contribution in [0.15, 0.2) is 60.7 Å². The molecule has 3 aromatic rings. The molecule has 0 saturated heterocycles.